The fraction of sp³-hybridized carbons (Fsp3) is 0.609. The molecule has 1 N–H and O–H groups in total. The second-order valence-corrected chi connectivity index (χ2v) is 8.49. The minimum absolute atomic E-state index is 0. The zero-order valence-electron chi connectivity index (χ0n) is 18.0. The molecule has 29 heavy (non-hydrogen) atoms. The van der Waals surface area contributed by atoms with Crippen LogP contribution in [0.3, 0.4) is 0 Å². The molecule has 2 rings (SSSR count). The number of anilines is 1. The van der Waals surface area contributed by atoms with E-state index in [1.54, 1.807) is 0 Å². The van der Waals surface area contributed by atoms with E-state index >= 15 is 0 Å². The highest BCUT2D eigenvalue weighted by Gasteiger charge is 2.08. The summed E-state index contributed by atoms with van der Waals surface area (Å²) in [4.78, 5) is 15.5. The number of aryl methyl sites for hydroxylation is 1. The van der Waals surface area contributed by atoms with E-state index in [4.69, 9.17) is 0 Å². The maximum Gasteiger partial charge on any atom is 0.223 e. The number of aromatic nitrogens is 2. The summed E-state index contributed by atoms with van der Waals surface area (Å²) in [5.74, 6) is -0.0788. The van der Waals surface area contributed by atoms with Crippen molar-refractivity contribution < 1.29 is 21.8 Å². The number of amides is 1. The van der Waals surface area contributed by atoms with Crippen molar-refractivity contribution in [1.29, 1.82) is 0 Å². The van der Waals surface area contributed by atoms with Crippen LogP contribution in [0.4, 0.5) is 5.13 Å². The Hall–Kier alpha value is -1.46. The number of carbonyl (C=O) groups excluding carboxylic acids is 1. The third kappa shape index (κ3) is 11.3. The Balaban J connectivity index is 0.00000420. The summed E-state index contributed by atoms with van der Waals surface area (Å²) in [6, 6.07) is 4.43. The van der Waals surface area contributed by atoms with Crippen LogP contribution < -0.4 is 22.3 Å². The van der Waals surface area contributed by atoms with Crippen LogP contribution in [-0.2, 0) is 17.8 Å². The highest BCUT2D eigenvalue weighted by Crippen LogP contribution is 2.15. The van der Waals surface area contributed by atoms with Gasteiger partial charge in [0.1, 0.15) is 5.69 Å². The number of pyridine rings is 1. The van der Waals surface area contributed by atoms with E-state index in [1.807, 2.05) is 5.38 Å². The van der Waals surface area contributed by atoms with E-state index in [1.165, 1.54) is 94.5 Å². The number of rotatable bonds is 14. The van der Waals surface area contributed by atoms with E-state index in [0.717, 1.165) is 12.2 Å². The monoisotopic (exact) mass is 437 g/mol. The number of thiazole rings is 1. The molecule has 0 aliphatic carbocycles. The Labute approximate surface area is 186 Å². The van der Waals surface area contributed by atoms with Crippen molar-refractivity contribution in [3.8, 4) is 0 Å². The molecule has 0 fully saturated rings. The summed E-state index contributed by atoms with van der Waals surface area (Å²) in [6.07, 6.45) is 19.2. The highest BCUT2D eigenvalue weighted by molar-refractivity contribution is 7.13. The predicted octanol–water partition coefficient (Wildman–Crippen LogP) is 2.90. The molecule has 2 heterocycles. The smallest absolute Gasteiger partial charge is 0.223 e. The average molecular weight is 438 g/mol. The Morgan fingerprint density at radius 2 is 1.59 bits per heavy atom. The number of nitrogens with one attached hydrogen (secondary N) is 1. The molecule has 0 atom stereocenters. The minimum Gasteiger partial charge on any atom is -1.00 e. The van der Waals surface area contributed by atoms with Gasteiger partial charge in [-0.2, -0.15) is 4.57 Å². The van der Waals surface area contributed by atoms with Crippen molar-refractivity contribution in [2.75, 3.05) is 5.32 Å². The first-order chi connectivity index (χ1) is 13.7. The topological polar surface area (TPSA) is 45.9 Å². The predicted molar refractivity (Wildman–Crippen MR) is 118 cm³/mol. The molecule has 0 spiro atoms. The van der Waals surface area contributed by atoms with E-state index in [-0.39, 0.29) is 18.3 Å². The van der Waals surface area contributed by atoms with Gasteiger partial charge in [0.25, 0.3) is 0 Å². The quantitative estimate of drug-likeness (QED) is 0.365. The molecule has 0 aliphatic heterocycles. The van der Waals surface area contributed by atoms with Gasteiger partial charge in [-0.3, -0.25) is 4.79 Å². The summed E-state index contributed by atoms with van der Waals surface area (Å²) in [7, 11) is 0. The Morgan fingerprint density at radius 1 is 1.00 bits per heavy atom. The number of carbonyl (C=O) groups is 1. The molecule has 4 nitrogen and oxygen atoms in total. The number of halogens is 1. The van der Waals surface area contributed by atoms with Gasteiger partial charge in [0.05, 0.1) is 0 Å². The molecule has 0 saturated heterocycles. The van der Waals surface area contributed by atoms with Crippen molar-refractivity contribution in [1.82, 2.24) is 4.98 Å². The molecule has 0 saturated carbocycles. The van der Waals surface area contributed by atoms with E-state index in [9.17, 15) is 4.79 Å². The Bertz CT molecular complexity index is 688. The molecule has 0 aromatic carbocycles. The lowest BCUT2D eigenvalue weighted by Crippen LogP contribution is -3.00. The van der Waals surface area contributed by atoms with E-state index in [2.05, 4.69) is 46.3 Å². The average Bonchev–Trinajstić information content (AvgIpc) is 3.10. The number of nitrogens with zero attached hydrogens (tertiary/aromatic N) is 2. The van der Waals surface area contributed by atoms with Gasteiger partial charge in [0, 0.05) is 24.4 Å². The van der Waals surface area contributed by atoms with Gasteiger partial charge in [0.2, 0.25) is 5.91 Å². The van der Waals surface area contributed by atoms with Gasteiger partial charge >= 0.3 is 0 Å². The van der Waals surface area contributed by atoms with Gasteiger partial charge in [-0.1, -0.05) is 64.7 Å². The Morgan fingerprint density at radius 3 is 2.17 bits per heavy atom. The van der Waals surface area contributed by atoms with Crippen molar-refractivity contribution in [2.24, 2.45) is 0 Å². The normalized spacial score (nSPS) is 10.6. The van der Waals surface area contributed by atoms with E-state index in [0.29, 0.717) is 5.13 Å². The zero-order chi connectivity index (χ0) is 20.0. The van der Waals surface area contributed by atoms with Crippen LogP contribution in [0.1, 0.15) is 89.3 Å². The number of unbranched alkanes of at least 4 members (excludes halogenated alkanes) is 9. The fourth-order valence-electron chi connectivity index (χ4n) is 3.35. The number of hydrogen-bond donors (Lipinski definition) is 1. The zero-order valence-corrected chi connectivity index (χ0v) is 19.5. The first kappa shape index (κ1) is 25.6. The third-order valence-corrected chi connectivity index (χ3v) is 5.76. The molecular formula is C23H36ClN3OS. The first-order valence-electron chi connectivity index (χ1n) is 10.9. The summed E-state index contributed by atoms with van der Waals surface area (Å²) in [6.45, 7) is 4.51. The molecule has 0 aliphatic rings. The van der Waals surface area contributed by atoms with Crippen LogP contribution in [0.5, 0.6) is 0 Å². The lowest BCUT2D eigenvalue weighted by atomic mass is 10.0. The second-order valence-electron chi connectivity index (χ2n) is 7.64. The summed E-state index contributed by atoms with van der Waals surface area (Å²) < 4.78 is 2.13. The van der Waals surface area contributed by atoms with Gasteiger partial charge in [-0.05, 0) is 18.4 Å². The van der Waals surface area contributed by atoms with Crippen molar-refractivity contribution in [2.45, 2.75) is 91.0 Å². The number of hydrogen-bond acceptors (Lipinski definition) is 3. The maximum absolute atomic E-state index is 11.1. The van der Waals surface area contributed by atoms with Crippen molar-refractivity contribution >= 4 is 22.4 Å². The Kier molecular flexibility index (Phi) is 13.6. The molecule has 1 amide bonds. The van der Waals surface area contributed by atoms with Crippen LogP contribution in [0.2, 0.25) is 0 Å². The van der Waals surface area contributed by atoms with Crippen LogP contribution >= 0.6 is 11.3 Å². The van der Waals surface area contributed by atoms with Crippen molar-refractivity contribution in [3.63, 3.8) is 0 Å². The molecule has 0 unspecified atom stereocenters. The third-order valence-electron chi connectivity index (χ3n) is 4.96. The van der Waals surface area contributed by atoms with Crippen LogP contribution in [0.25, 0.3) is 0 Å². The standard InChI is InChI=1S/C23H35N3OS.ClH/c1-3-4-5-6-7-8-9-10-11-12-13-21-14-16-26(17-15-21)18-22-19-28-23(25-22)24-20(2)27;/h14-17,19H,3-13,18H2,1-2H3;1H. The molecular weight excluding hydrogens is 402 g/mol. The van der Waals surface area contributed by atoms with Gasteiger partial charge in [-0.25, -0.2) is 4.98 Å². The van der Waals surface area contributed by atoms with Crippen LogP contribution in [0, 0.1) is 0 Å². The molecule has 162 valence electrons. The molecule has 2 aromatic heterocycles. The lowest BCUT2D eigenvalue weighted by Gasteiger charge is -2.03. The molecule has 6 heteroatoms. The first-order valence-corrected chi connectivity index (χ1v) is 11.8. The van der Waals surface area contributed by atoms with Gasteiger partial charge in [-0.15, -0.1) is 11.3 Å². The van der Waals surface area contributed by atoms with Gasteiger partial charge < -0.3 is 17.7 Å². The minimum atomic E-state index is -0.0788. The summed E-state index contributed by atoms with van der Waals surface area (Å²) in [5, 5.41) is 5.40. The fourth-order valence-corrected chi connectivity index (χ4v) is 4.10. The largest absolute Gasteiger partial charge is 1.00 e. The summed E-state index contributed by atoms with van der Waals surface area (Å²) >= 11 is 1.47. The second kappa shape index (κ2) is 15.4. The van der Waals surface area contributed by atoms with Gasteiger partial charge in [0.15, 0.2) is 24.1 Å². The molecule has 2 aromatic rings. The van der Waals surface area contributed by atoms with Crippen molar-refractivity contribution in [3.05, 3.63) is 41.2 Å². The lowest BCUT2D eigenvalue weighted by molar-refractivity contribution is -0.688. The summed E-state index contributed by atoms with van der Waals surface area (Å²) in [5.41, 5.74) is 2.38. The SMILES string of the molecule is CCCCCCCCCCCCc1cc[n+](Cc2csc(NC(C)=O)n2)cc1.[Cl-]. The van der Waals surface area contributed by atoms with E-state index < -0.39 is 0 Å². The molecule has 0 bridgehead atoms. The molecule has 0 radical (unpaired) electrons. The highest BCUT2D eigenvalue weighted by atomic mass is 35.5. The maximum atomic E-state index is 11.1. The van der Waals surface area contributed by atoms with Crippen LogP contribution in [0.15, 0.2) is 29.9 Å². The van der Waals surface area contributed by atoms with Crippen LogP contribution in [-0.4, -0.2) is 10.9 Å².